The van der Waals surface area contributed by atoms with Crippen LogP contribution in [0.5, 0.6) is 5.75 Å². The Labute approximate surface area is 130 Å². The quantitative estimate of drug-likeness (QED) is 0.775. The number of aryl methyl sites for hydroxylation is 2. The molecule has 0 spiro atoms. The van der Waals surface area contributed by atoms with Crippen LogP contribution in [0.1, 0.15) is 18.3 Å². The summed E-state index contributed by atoms with van der Waals surface area (Å²) in [6.07, 6.45) is 0. The van der Waals surface area contributed by atoms with Gasteiger partial charge in [0.05, 0.1) is 20.9 Å². The van der Waals surface area contributed by atoms with Gasteiger partial charge in [-0.2, -0.15) is 5.10 Å². The number of benzene rings is 1. The molecule has 0 aliphatic rings. The number of aromatic nitrogens is 2. The van der Waals surface area contributed by atoms with Crippen LogP contribution in [-0.2, 0) is 13.2 Å². The molecule has 0 bridgehead atoms. The molecule has 1 aromatic heterocycles. The first kappa shape index (κ1) is 14.7. The summed E-state index contributed by atoms with van der Waals surface area (Å²) in [6, 6.07) is 5.33. The van der Waals surface area contributed by atoms with E-state index < -0.39 is 0 Å². The van der Waals surface area contributed by atoms with E-state index in [-0.39, 0.29) is 0 Å². The van der Waals surface area contributed by atoms with Crippen LogP contribution in [-0.4, -0.2) is 9.78 Å². The Kier molecular flexibility index (Phi) is 4.76. The summed E-state index contributed by atoms with van der Waals surface area (Å²) >= 11 is 15.6. The van der Waals surface area contributed by atoms with Gasteiger partial charge in [-0.3, -0.25) is 4.68 Å². The maximum atomic E-state index is 6.09. The number of rotatable bonds is 4. The van der Waals surface area contributed by atoms with Crippen molar-refractivity contribution in [2.75, 3.05) is 0 Å². The Morgan fingerprint density at radius 3 is 2.79 bits per heavy atom. The van der Waals surface area contributed by atoms with Gasteiger partial charge in [-0.25, -0.2) is 0 Å². The van der Waals surface area contributed by atoms with Crippen LogP contribution in [0.4, 0.5) is 0 Å². The normalized spacial score (nSPS) is 10.8. The average Bonchev–Trinajstić information content (AvgIpc) is 2.67. The zero-order valence-corrected chi connectivity index (χ0v) is 13.7. The van der Waals surface area contributed by atoms with Crippen LogP contribution in [0.25, 0.3) is 0 Å². The SMILES string of the molecule is CCn1nc(C)c(Br)c1COc1cccc(Cl)c1Cl. The van der Waals surface area contributed by atoms with Crippen LogP contribution in [0.2, 0.25) is 10.0 Å². The van der Waals surface area contributed by atoms with Crippen molar-refractivity contribution in [3.63, 3.8) is 0 Å². The van der Waals surface area contributed by atoms with Crippen molar-refractivity contribution < 1.29 is 4.74 Å². The van der Waals surface area contributed by atoms with Crippen molar-refractivity contribution >= 4 is 39.1 Å². The van der Waals surface area contributed by atoms with Gasteiger partial charge >= 0.3 is 0 Å². The Hall–Kier alpha value is -0.710. The van der Waals surface area contributed by atoms with E-state index in [1.807, 2.05) is 18.5 Å². The molecule has 0 radical (unpaired) electrons. The van der Waals surface area contributed by atoms with E-state index in [1.165, 1.54) is 0 Å². The topological polar surface area (TPSA) is 27.1 Å². The second-order valence-corrected chi connectivity index (χ2v) is 5.58. The monoisotopic (exact) mass is 362 g/mol. The lowest BCUT2D eigenvalue weighted by atomic mass is 10.3. The Balaban J connectivity index is 2.21. The second-order valence-electron chi connectivity index (χ2n) is 4.00. The molecular weight excluding hydrogens is 351 g/mol. The van der Waals surface area contributed by atoms with Gasteiger partial charge in [0, 0.05) is 6.54 Å². The lowest BCUT2D eigenvalue weighted by molar-refractivity contribution is 0.292. The van der Waals surface area contributed by atoms with Crippen LogP contribution in [0.15, 0.2) is 22.7 Å². The summed E-state index contributed by atoms with van der Waals surface area (Å²) in [4.78, 5) is 0. The van der Waals surface area contributed by atoms with Gasteiger partial charge in [0.2, 0.25) is 0 Å². The van der Waals surface area contributed by atoms with Crippen molar-refractivity contribution in [1.82, 2.24) is 9.78 Å². The number of halogens is 3. The highest BCUT2D eigenvalue weighted by atomic mass is 79.9. The molecule has 0 aliphatic carbocycles. The lowest BCUT2D eigenvalue weighted by Crippen LogP contribution is -2.06. The molecule has 0 unspecified atom stereocenters. The van der Waals surface area contributed by atoms with Gasteiger partial charge in [0.25, 0.3) is 0 Å². The van der Waals surface area contributed by atoms with Crippen LogP contribution in [0, 0.1) is 6.92 Å². The molecule has 0 fully saturated rings. The molecule has 2 aromatic rings. The van der Waals surface area contributed by atoms with E-state index in [2.05, 4.69) is 21.0 Å². The Morgan fingerprint density at radius 1 is 1.37 bits per heavy atom. The highest BCUT2D eigenvalue weighted by molar-refractivity contribution is 9.10. The minimum atomic E-state index is 0.384. The fraction of sp³-hybridized carbons (Fsp3) is 0.308. The number of ether oxygens (including phenoxy) is 1. The molecule has 3 nitrogen and oxygen atoms in total. The molecule has 0 atom stereocenters. The van der Waals surface area contributed by atoms with Crippen molar-refractivity contribution in [2.24, 2.45) is 0 Å². The van der Waals surface area contributed by atoms with Crippen LogP contribution < -0.4 is 4.74 Å². The zero-order valence-electron chi connectivity index (χ0n) is 10.6. The largest absolute Gasteiger partial charge is 0.486 e. The molecule has 1 aromatic carbocycles. The second kappa shape index (κ2) is 6.16. The summed E-state index contributed by atoms with van der Waals surface area (Å²) < 4.78 is 8.60. The minimum absolute atomic E-state index is 0.384. The highest BCUT2D eigenvalue weighted by Gasteiger charge is 2.13. The number of hydrogen-bond acceptors (Lipinski definition) is 2. The molecule has 0 aliphatic heterocycles. The molecule has 6 heteroatoms. The summed E-state index contributed by atoms with van der Waals surface area (Å²) in [5, 5.41) is 5.33. The molecule has 19 heavy (non-hydrogen) atoms. The van der Waals surface area contributed by atoms with Crippen molar-refractivity contribution in [2.45, 2.75) is 27.0 Å². The summed E-state index contributed by atoms with van der Waals surface area (Å²) in [5.74, 6) is 0.572. The Bertz CT molecular complexity index is 599. The predicted octanol–water partition coefficient (Wildman–Crippen LogP) is 4.86. The first-order valence-electron chi connectivity index (χ1n) is 5.83. The predicted molar refractivity (Wildman–Crippen MR) is 81.1 cm³/mol. The first-order valence-corrected chi connectivity index (χ1v) is 7.38. The van der Waals surface area contributed by atoms with Gasteiger partial charge in [-0.05, 0) is 41.9 Å². The zero-order chi connectivity index (χ0) is 14.0. The van der Waals surface area contributed by atoms with E-state index in [4.69, 9.17) is 27.9 Å². The first-order chi connectivity index (χ1) is 9.04. The third-order valence-corrected chi connectivity index (χ3v) is 4.57. The fourth-order valence-electron chi connectivity index (χ4n) is 1.75. The maximum Gasteiger partial charge on any atom is 0.140 e. The molecule has 102 valence electrons. The van der Waals surface area contributed by atoms with E-state index in [1.54, 1.807) is 18.2 Å². The Morgan fingerprint density at radius 2 is 2.11 bits per heavy atom. The van der Waals surface area contributed by atoms with E-state index in [0.717, 1.165) is 22.4 Å². The van der Waals surface area contributed by atoms with E-state index >= 15 is 0 Å². The standard InChI is InChI=1S/C13H13BrCl2N2O/c1-3-18-10(12(14)8(2)17-18)7-19-11-6-4-5-9(15)13(11)16/h4-6H,3,7H2,1-2H3. The molecule has 1 heterocycles. The van der Waals surface area contributed by atoms with Gasteiger partial charge in [0.15, 0.2) is 0 Å². The van der Waals surface area contributed by atoms with Crippen molar-refractivity contribution in [1.29, 1.82) is 0 Å². The van der Waals surface area contributed by atoms with Gasteiger partial charge in [-0.1, -0.05) is 29.3 Å². The minimum Gasteiger partial charge on any atom is -0.486 e. The van der Waals surface area contributed by atoms with Crippen LogP contribution in [0.3, 0.4) is 0 Å². The van der Waals surface area contributed by atoms with Crippen molar-refractivity contribution in [3.8, 4) is 5.75 Å². The molecular formula is C13H13BrCl2N2O. The van der Waals surface area contributed by atoms with Crippen LogP contribution >= 0.6 is 39.1 Å². The maximum absolute atomic E-state index is 6.09. The molecule has 0 N–H and O–H groups in total. The van der Waals surface area contributed by atoms with Gasteiger partial charge in [-0.15, -0.1) is 0 Å². The molecule has 0 saturated carbocycles. The smallest absolute Gasteiger partial charge is 0.140 e. The third kappa shape index (κ3) is 3.07. The molecule has 2 rings (SSSR count). The summed E-state index contributed by atoms with van der Waals surface area (Å²) in [5.41, 5.74) is 1.92. The highest BCUT2D eigenvalue weighted by Crippen LogP contribution is 2.32. The van der Waals surface area contributed by atoms with Crippen molar-refractivity contribution in [3.05, 3.63) is 44.1 Å². The molecule has 0 amide bonds. The fourth-order valence-corrected chi connectivity index (χ4v) is 2.49. The van der Waals surface area contributed by atoms with E-state index in [9.17, 15) is 0 Å². The van der Waals surface area contributed by atoms with Gasteiger partial charge in [0.1, 0.15) is 17.4 Å². The number of hydrogen-bond donors (Lipinski definition) is 0. The van der Waals surface area contributed by atoms with Gasteiger partial charge < -0.3 is 4.74 Å². The summed E-state index contributed by atoms with van der Waals surface area (Å²) in [7, 11) is 0. The third-order valence-electron chi connectivity index (χ3n) is 2.73. The molecule has 0 saturated heterocycles. The lowest BCUT2D eigenvalue weighted by Gasteiger charge is -2.10. The summed E-state index contributed by atoms with van der Waals surface area (Å²) in [6.45, 7) is 5.16. The van der Waals surface area contributed by atoms with E-state index in [0.29, 0.717) is 22.4 Å². The number of nitrogens with zero attached hydrogens (tertiary/aromatic N) is 2. The average molecular weight is 364 g/mol.